The van der Waals surface area contributed by atoms with Crippen LogP contribution in [0.5, 0.6) is 11.5 Å². The van der Waals surface area contributed by atoms with Crippen LogP contribution in [0.15, 0.2) is 41.3 Å². The predicted molar refractivity (Wildman–Crippen MR) is 107 cm³/mol. The maximum absolute atomic E-state index is 12.1. The molecular weight excluding hydrogens is 436 g/mol. The number of carbonyl (C=O) groups excluding carboxylic acids is 2. The highest BCUT2D eigenvalue weighted by Gasteiger charge is 2.18. The summed E-state index contributed by atoms with van der Waals surface area (Å²) in [4.78, 5) is 23.6. The molecule has 30 heavy (non-hydrogen) atoms. The second-order valence-corrected chi connectivity index (χ2v) is 8.28. The van der Waals surface area contributed by atoms with Gasteiger partial charge in [0.2, 0.25) is 10.0 Å². The molecule has 11 heteroatoms. The number of benzene rings is 2. The SMILES string of the molecule is NS(=O)(=O)c1cc(C(=O)OCC(=O)NCCc2ccc3c(c2)OCCO3)ccc1Cl. The van der Waals surface area contributed by atoms with Crippen LogP contribution in [0.3, 0.4) is 0 Å². The van der Waals surface area contributed by atoms with Crippen molar-refractivity contribution in [3.05, 3.63) is 52.5 Å². The summed E-state index contributed by atoms with van der Waals surface area (Å²) in [5.74, 6) is -0.0188. The molecule has 2 aromatic carbocycles. The molecule has 0 spiro atoms. The molecule has 0 saturated heterocycles. The van der Waals surface area contributed by atoms with Crippen molar-refractivity contribution >= 4 is 33.5 Å². The van der Waals surface area contributed by atoms with Crippen LogP contribution in [0.4, 0.5) is 0 Å². The zero-order valence-electron chi connectivity index (χ0n) is 15.7. The highest BCUT2D eigenvalue weighted by Crippen LogP contribution is 2.30. The topological polar surface area (TPSA) is 134 Å². The van der Waals surface area contributed by atoms with E-state index < -0.39 is 33.4 Å². The number of fused-ring (bicyclic) bond motifs is 1. The normalized spacial score (nSPS) is 12.9. The van der Waals surface area contributed by atoms with E-state index >= 15 is 0 Å². The van der Waals surface area contributed by atoms with Crippen LogP contribution in [0.25, 0.3) is 0 Å². The van der Waals surface area contributed by atoms with E-state index in [1.165, 1.54) is 12.1 Å². The third-order valence-corrected chi connectivity index (χ3v) is 5.54. The minimum atomic E-state index is -4.10. The minimum absolute atomic E-state index is 0.0903. The molecule has 9 nitrogen and oxygen atoms in total. The van der Waals surface area contributed by atoms with Gasteiger partial charge in [-0.1, -0.05) is 17.7 Å². The molecule has 0 bridgehead atoms. The van der Waals surface area contributed by atoms with E-state index in [1.54, 1.807) is 0 Å². The van der Waals surface area contributed by atoms with Gasteiger partial charge in [-0.2, -0.15) is 0 Å². The third kappa shape index (κ3) is 5.62. The molecule has 3 rings (SSSR count). The van der Waals surface area contributed by atoms with Crippen molar-refractivity contribution in [3.63, 3.8) is 0 Å². The van der Waals surface area contributed by atoms with Gasteiger partial charge >= 0.3 is 5.97 Å². The summed E-state index contributed by atoms with van der Waals surface area (Å²) in [5.41, 5.74) is 0.862. The first-order chi connectivity index (χ1) is 14.2. The Morgan fingerprint density at radius 3 is 2.57 bits per heavy atom. The molecule has 1 amide bonds. The second kappa shape index (κ2) is 9.33. The van der Waals surface area contributed by atoms with E-state index in [2.05, 4.69) is 5.32 Å². The summed E-state index contributed by atoms with van der Waals surface area (Å²) in [6, 6.07) is 9.03. The Kier molecular flexibility index (Phi) is 6.80. The van der Waals surface area contributed by atoms with Crippen molar-refractivity contribution in [2.45, 2.75) is 11.3 Å². The van der Waals surface area contributed by atoms with Crippen LogP contribution in [-0.2, 0) is 26.0 Å². The Hall–Kier alpha value is -2.82. The third-order valence-electron chi connectivity index (χ3n) is 4.15. The second-order valence-electron chi connectivity index (χ2n) is 6.34. The highest BCUT2D eigenvalue weighted by molar-refractivity contribution is 7.89. The van der Waals surface area contributed by atoms with E-state index in [1.807, 2.05) is 18.2 Å². The summed E-state index contributed by atoms with van der Waals surface area (Å²) in [6.07, 6.45) is 0.547. The molecule has 0 aliphatic carbocycles. The lowest BCUT2D eigenvalue weighted by Crippen LogP contribution is -2.30. The van der Waals surface area contributed by atoms with Gasteiger partial charge in [-0.05, 0) is 42.3 Å². The van der Waals surface area contributed by atoms with Crippen LogP contribution >= 0.6 is 11.6 Å². The molecule has 1 aliphatic rings. The van der Waals surface area contributed by atoms with E-state index in [-0.39, 0.29) is 10.6 Å². The minimum Gasteiger partial charge on any atom is -0.486 e. The zero-order valence-corrected chi connectivity index (χ0v) is 17.3. The molecule has 0 aromatic heterocycles. The number of ether oxygens (including phenoxy) is 3. The number of primary sulfonamides is 1. The van der Waals surface area contributed by atoms with E-state index in [0.717, 1.165) is 11.6 Å². The first kappa shape index (κ1) is 21.9. The Balaban J connectivity index is 1.47. The average Bonchev–Trinajstić information content (AvgIpc) is 2.71. The number of nitrogens with one attached hydrogen (secondary N) is 1. The van der Waals surface area contributed by atoms with E-state index in [0.29, 0.717) is 37.7 Å². The van der Waals surface area contributed by atoms with Crippen molar-refractivity contribution in [1.29, 1.82) is 0 Å². The van der Waals surface area contributed by atoms with Gasteiger partial charge in [-0.25, -0.2) is 18.4 Å². The summed E-state index contributed by atoms with van der Waals surface area (Å²) < 4.78 is 38.8. The lowest BCUT2D eigenvalue weighted by Gasteiger charge is -2.18. The van der Waals surface area contributed by atoms with Crippen LogP contribution in [0, 0.1) is 0 Å². The van der Waals surface area contributed by atoms with Crippen molar-refractivity contribution in [2.24, 2.45) is 5.14 Å². The maximum Gasteiger partial charge on any atom is 0.338 e. The fourth-order valence-electron chi connectivity index (χ4n) is 2.70. The first-order valence-corrected chi connectivity index (χ1v) is 10.8. The standard InChI is InChI=1S/C19H19ClN2O7S/c20-14-3-2-13(10-17(14)30(21,25)26)19(24)29-11-18(23)22-6-5-12-1-4-15-16(9-12)28-8-7-27-15/h1-4,9-10H,5-8,11H2,(H,22,23)(H2,21,25,26). The summed E-state index contributed by atoms with van der Waals surface area (Å²) in [5, 5.41) is 7.56. The van der Waals surface area contributed by atoms with Gasteiger partial charge < -0.3 is 19.5 Å². The number of amides is 1. The Morgan fingerprint density at radius 2 is 1.83 bits per heavy atom. The van der Waals surface area contributed by atoms with Crippen molar-refractivity contribution in [3.8, 4) is 11.5 Å². The number of sulfonamides is 1. The molecule has 0 radical (unpaired) electrons. The summed E-state index contributed by atoms with van der Waals surface area (Å²) >= 11 is 5.77. The Bertz CT molecular complexity index is 1070. The smallest absolute Gasteiger partial charge is 0.338 e. The fraction of sp³-hybridized carbons (Fsp3) is 0.263. The molecule has 1 aliphatic heterocycles. The molecule has 2 aromatic rings. The quantitative estimate of drug-likeness (QED) is 0.601. The van der Waals surface area contributed by atoms with Gasteiger partial charge in [0.15, 0.2) is 18.1 Å². The highest BCUT2D eigenvalue weighted by atomic mass is 35.5. The number of rotatable bonds is 7. The maximum atomic E-state index is 12.1. The first-order valence-electron chi connectivity index (χ1n) is 8.89. The lowest BCUT2D eigenvalue weighted by molar-refractivity contribution is -0.124. The van der Waals surface area contributed by atoms with Crippen molar-refractivity contribution < 1.29 is 32.2 Å². The molecule has 1 heterocycles. The molecule has 0 fully saturated rings. The summed E-state index contributed by atoms with van der Waals surface area (Å²) in [7, 11) is -4.10. The lowest BCUT2D eigenvalue weighted by atomic mass is 10.1. The van der Waals surface area contributed by atoms with Crippen molar-refractivity contribution in [2.75, 3.05) is 26.4 Å². The number of hydrogen-bond acceptors (Lipinski definition) is 7. The van der Waals surface area contributed by atoms with Crippen LogP contribution in [-0.4, -0.2) is 46.7 Å². The number of nitrogens with two attached hydrogens (primary N) is 1. The largest absolute Gasteiger partial charge is 0.486 e. The molecule has 0 saturated carbocycles. The monoisotopic (exact) mass is 454 g/mol. The van der Waals surface area contributed by atoms with Crippen molar-refractivity contribution in [1.82, 2.24) is 5.32 Å². The summed E-state index contributed by atoms with van der Waals surface area (Å²) in [6.45, 7) is 0.811. The van der Waals surface area contributed by atoms with E-state index in [9.17, 15) is 18.0 Å². The van der Waals surface area contributed by atoms with Gasteiger partial charge in [0.05, 0.1) is 10.6 Å². The average molecular weight is 455 g/mol. The Morgan fingerprint density at radius 1 is 1.10 bits per heavy atom. The van der Waals surface area contributed by atoms with Gasteiger partial charge in [-0.15, -0.1) is 0 Å². The Labute approximate surface area is 178 Å². The van der Waals surface area contributed by atoms with Gasteiger partial charge in [-0.3, -0.25) is 4.79 Å². The van der Waals surface area contributed by atoms with E-state index in [4.69, 9.17) is 31.0 Å². The number of esters is 1. The van der Waals surface area contributed by atoms with Gasteiger partial charge in [0.1, 0.15) is 18.1 Å². The molecule has 0 atom stereocenters. The van der Waals surface area contributed by atoms with Crippen LogP contribution in [0.2, 0.25) is 5.02 Å². The number of halogens is 1. The number of hydrogen-bond donors (Lipinski definition) is 2. The van der Waals surface area contributed by atoms with Gasteiger partial charge in [0, 0.05) is 6.54 Å². The molecule has 0 unspecified atom stereocenters. The van der Waals surface area contributed by atoms with Gasteiger partial charge in [0.25, 0.3) is 5.91 Å². The molecule has 3 N–H and O–H groups in total. The zero-order chi connectivity index (χ0) is 21.7. The van der Waals surface area contributed by atoms with Crippen LogP contribution in [0.1, 0.15) is 15.9 Å². The predicted octanol–water partition coefficient (Wildman–Crippen LogP) is 1.27. The van der Waals surface area contributed by atoms with Crippen LogP contribution < -0.4 is 19.9 Å². The number of carbonyl (C=O) groups is 2. The fourth-order valence-corrected chi connectivity index (χ4v) is 3.77. The molecule has 160 valence electrons. The molecular formula is C19H19ClN2O7S.